The molecular weight excluding hydrogens is 392 g/mol. The minimum absolute atomic E-state index is 0.00603. The Labute approximate surface area is 182 Å². The number of benzene rings is 1. The van der Waals surface area contributed by atoms with Crippen molar-refractivity contribution < 1.29 is 4.74 Å². The van der Waals surface area contributed by atoms with Gasteiger partial charge < -0.3 is 19.5 Å². The maximum Gasteiger partial charge on any atom is 0.174 e. The average molecular weight is 419 g/mol. The molecule has 6 heteroatoms. The van der Waals surface area contributed by atoms with Gasteiger partial charge in [0.2, 0.25) is 0 Å². The van der Waals surface area contributed by atoms with E-state index in [0.717, 1.165) is 42.5 Å². The Kier molecular flexibility index (Phi) is 5.27. The molecule has 1 aromatic carbocycles. The van der Waals surface area contributed by atoms with E-state index in [9.17, 15) is 0 Å². The van der Waals surface area contributed by atoms with Crippen LogP contribution < -0.4 is 10.2 Å². The van der Waals surface area contributed by atoms with E-state index in [0.29, 0.717) is 0 Å². The third-order valence-corrected chi connectivity index (χ3v) is 6.32. The van der Waals surface area contributed by atoms with Crippen LogP contribution in [0.25, 0.3) is 0 Å². The number of nitrogens with one attached hydrogen (secondary N) is 1. The van der Waals surface area contributed by atoms with Gasteiger partial charge in [-0.15, -0.1) is 0 Å². The molecule has 4 heterocycles. The first-order valence-corrected chi connectivity index (χ1v) is 11.0. The lowest BCUT2D eigenvalue weighted by molar-refractivity contribution is 0.0961. The van der Waals surface area contributed by atoms with Crippen molar-refractivity contribution in [2.24, 2.45) is 0 Å². The molecule has 0 bridgehead atoms. The predicted molar refractivity (Wildman–Crippen MR) is 123 cm³/mol. The van der Waals surface area contributed by atoms with Crippen LogP contribution in [0.3, 0.4) is 0 Å². The Balaban J connectivity index is 1.57. The van der Waals surface area contributed by atoms with Crippen molar-refractivity contribution in [2.45, 2.75) is 44.5 Å². The number of nitrogens with zero attached hydrogens (tertiary/aromatic N) is 3. The molecule has 2 aliphatic heterocycles. The zero-order valence-corrected chi connectivity index (χ0v) is 17.9. The molecule has 1 N–H and O–H groups in total. The molecule has 2 saturated heterocycles. The van der Waals surface area contributed by atoms with Gasteiger partial charge in [-0.1, -0.05) is 23.8 Å². The lowest BCUT2D eigenvalue weighted by atomic mass is 10.0. The van der Waals surface area contributed by atoms with Crippen molar-refractivity contribution in [3.63, 3.8) is 0 Å². The number of ether oxygens (including phenoxy) is 1. The van der Waals surface area contributed by atoms with Crippen molar-refractivity contribution in [1.29, 1.82) is 0 Å². The molecule has 0 amide bonds. The number of aromatic nitrogens is 2. The molecule has 2 fully saturated rings. The number of thiocarbonyl (C=S) groups is 1. The summed E-state index contributed by atoms with van der Waals surface area (Å²) in [6.45, 7) is 3.83. The molecule has 0 spiro atoms. The molecule has 5 nitrogen and oxygen atoms in total. The highest BCUT2D eigenvalue weighted by atomic mass is 32.1. The average Bonchev–Trinajstić information content (AvgIpc) is 3.50. The quantitative estimate of drug-likeness (QED) is 0.616. The summed E-state index contributed by atoms with van der Waals surface area (Å²) < 4.78 is 8.24. The molecule has 3 aromatic rings. The highest BCUT2D eigenvalue weighted by Gasteiger charge is 2.42. The van der Waals surface area contributed by atoms with E-state index in [2.05, 4.69) is 75.4 Å². The van der Waals surface area contributed by atoms with Crippen LogP contribution >= 0.6 is 12.2 Å². The van der Waals surface area contributed by atoms with Crippen molar-refractivity contribution in [2.75, 3.05) is 11.5 Å². The molecule has 2 aromatic heterocycles. The van der Waals surface area contributed by atoms with Crippen molar-refractivity contribution >= 4 is 23.0 Å². The second kappa shape index (κ2) is 8.20. The van der Waals surface area contributed by atoms with Crippen molar-refractivity contribution in [1.82, 2.24) is 14.9 Å². The van der Waals surface area contributed by atoms with Crippen LogP contribution in [-0.2, 0) is 11.3 Å². The Morgan fingerprint density at radius 3 is 2.73 bits per heavy atom. The van der Waals surface area contributed by atoms with E-state index in [4.69, 9.17) is 17.0 Å². The van der Waals surface area contributed by atoms with E-state index in [1.807, 2.05) is 18.3 Å². The Bertz CT molecular complexity index is 1010. The standard InChI is InChI=1S/C24H26N4OS/c1-17-9-11-18(12-10-17)28-23(22(26-24(28)30)20-7-2-3-13-25-20)21-8-4-14-27(21)16-19-6-5-15-29-19/h2-4,7-14,19,22-23H,5-6,15-16H2,1H3,(H,26,30)/t19-,22-,23-/m0/s1. The normalized spacial score (nSPS) is 23.7. The van der Waals surface area contributed by atoms with E-state index in [-0.39, 0.29) is 18.2 Å². The number of pyridine rings is 1. The van der Waals surface area contributed by atoms with Crippen LogP contribution in [0.2, 0.25) is 0 Å². The molecular formula is C24H26N4OS. The minimum atomic E-state index is -0.0295. The zero-order chi connectivity index (χ0) is 20.5. The molecule has 0 unspecified atom stereocenters. The lowest BCUT2D eigenvalue weighted by Crippen LogP contribution is -2.31. The lowest BCUT2D eigenvalue weighted by Gasteiger charge is -2.29. The summed E-state index contributed by atoms with van der Waals surface area (Å²) in [5, 5.41) is 4.27. The molecule has 154 valence electrons. The first kappa shape index (κ1) is 19.3. The number of rotatable bonds is 5. The Hall–Kier alpha value is -2.70. The maximum absolute atomic E-state index is 5.91. The molecule has 3 atom stereocenters. The van der Waals surface area contributed by atoms with Gasteiger partial charge in [-0.25, -0.2) is 0 Å². The van der Waals surface area contributed by atoms with Gasteiger partial charge >= 0.3 is 0 Å². The molecule has 0 radical (unpaired) electrons. The van der Waals surface area contributed by atoms with Gasteiger partial charge in [-0.3, -0.25) is 4.98 Å². The number of hydrogen-bond donors (Lipinski definition) is 1. The molecule has 5 rings (SSSR count). The highest BCUT2D eigenvalue weighted by Crippen LogP contribution is 2.41. The van der Waals surface area contributed by atoms with Crippen LogP contribution in [0.5, 0.6) is 0 Å². The van der Waals surface area contributed by atoms with E-state index >= 15 is 0 Å². The summed E-state index contributed by atoms with van der Waals surface area (Å²) in [5.41, 5.74) is 4.53. The molecule has 2 aliphatic rings. The largest absolute Gasteiger partial charge is 0.376 e. The number of aryl methyl sites for hydroxylation is 1. The third-order valence-electron chi connectivity index (χ3n) is 6.00. The van der Waals surface area contributed by atoms with Gasteiger partial charge in [0.25, 0.3) is 0 Å². The Morgan fingerprint density at radius 1 is 1.13 bits per heavy atom. The van der Waals surface area contributed by atoms with Gasteiger partial charge in [0.15, 0.2) is 5.11 Å². The topological polar surface area (TPSA) is 42.3 Å². The fourth-order valence-corrected chi connectivity index (χ4v) is 4.85. The Morgan fingerprint density at radius 2 is 2.00 bits per heavy atom. The summed E-state index contributed by atoms with van der Waals surface area (Å²) in [4.78, 5) is 6.88. The van der Waals surface area contributed by atoms with Crippen LogP contribution in [0.15, 0.2) is 67.0 Å². The smallest absolute Gasteiger partial charge is 0.174 e. The molecule has 0 aliphatic carbocycles. The minimum Gasteiger partial charge on any atom is -0.376 e. The van der Waals surface area contributed by atoms with E-state index in [1.165, 1.54) is 11.3 Å². The van der Waals surface area contributed by atoms with Gasteiger partial charge in [0.1, 0.15) is 6.04 Å². The van der Waals surface area contributed by atoms with Crippen molar-refractivity contribution in [3.05, 3.63) is 83.9 Å². The fourth-order valence-electron chi connectivity index (χ4n) is 4.51. The van der Waals surface area contributed by atoms with E-state index < -0.39 is 0 Å². The summed E-state index contributed by atoms with van der Waals surface area (Å²) in [6.07, 6.45) is 6.53. The monoisotopic (exact) mass is 418 g/mol. The first-order valence-electron chi connectivity index (χ1n) is 10.5. The van der Waals surface area contributed by atoms with Crippen LogP contribution in [-0.4, -0.2) is 27.4 Å². The fraction of sp³-hybridized carbons (Fsp3) is 0.333. The second-order valence-corrected chi connectivity index (χ2v) is 8.44. The zero-order valence-electron chi connectivity index (χ0n) is 17.1. The van der Waals surface area contributed by atoms with Gasteiger partial charge in [0.05, 0.1) is 17.8 Å². The summed E-state index contributed by atoms with van der Waals surface area (Å²) in [6, 6.07) is 18.9. The number of anilines is 1. The van der Waals surface area contributed by atoms with E-state index in [1.54, 1.807) is 0 Å². The molecule has 30 heavy (non-hydrogen) atoms. The van der Waals surface area contributed by atoms with Crippen LogP contribution in [0.1, 0.15) is 41.9 Å². The van der Waals surface area contributed by atoms with Gasteiger partial charge in [-0.05, 0) is 68.4 Å². The predicted octanol–water partition coefficient (Wildman–Crippen LogP) is 4.55. The summed E-state index contributed by atoms with van der Waals surface area (Å²) >= 11 is 5.82. The summed E-state index contributed by atoms with van der Waals surface area (Å²) in [7, 11) is 0. The summed E-state index contributed by atoms with van der Waals surface area (Å²) in [5.74, 6) is 0. The van der Waals surface area contributed by atoms with Crippen molar-refractivity contribution in [3.8, 4) is 0 Å². The van der Waals surface area contributed by atoms with Gasteiger partial charge in [0, 0.05) is 36.9 Å². The van der Waals surface area contributed by atoms with Crippen LogP contribution in [0, 0.1) is 6.92 Å². The third kappa shape index (κ3) is 3.61. The maximum atomic E-state index is 5.91. The number of hydrogen-bond acceptors (Lipinski definition) is 3. The first-order chi connectivity index (χ1) is 14.7. The second-order valence-electron chi connectivity index (χ2n) is 8.05. The molecule has 0 saturated carbocycles. The van der Waals surface area contributed by atoms with Gasteiger partial charge in [-0.2, -0.15) is 0 Å². The highest BCUT2D eigenvalue weighted by molar-refractivity contribution is 7.80. The van der Waals surface area contributed by atoms with Crippen LogP contribution in [0.4, 0.5) is 5.69 Å². The SMILES string of the molecule is Cc1ccc(N2C(=S)N[C@@H](c3ccccn3)[C@@H]2c2cccn2C[C@@H]2CCCO2)cc1.